The minimum atomic E-state index is -1.15. The van der Waals surface area contributed by atoms with Gasteiger partial charge in [-0.1, -0.05) is 23.3 Å². The zero-order valence-corrected chi connectivity index (χ0v) is 12.6. The predicted molar refractivity (Wildman–Crippen MR) is 69.6 cm³/mol. The second kappa shape index (κ2) is 8.39. The molecule has 6 heteroatoms. The maximum Gasteiger partial charge on any atom is 1.00 e. The van der Waals surface area contributed by atoms with E-state index in [4.69, 9.17) is 0 Å². The molecule has 0 radical (unpaired) electrons. The molecule has 2 aromatic rings. The van der Waals surface area contributed by atoms with Crippen molar-refractivity contribution in [1.82, 2.24) is 0 Å². The number of fused-ring (bicyclic) bond motifs is 2. The van der Waals surface area contributed by atoms with Gasteiger partial charge in [-0.15, -0.1) is 6.07 Å². The summed E-state index contributed by atoms with van der Waals surface area (Å²) in [5, 5.41) is 10.9. The molecular weight excluding hydrogens is 270 g/mol. The first-order valence-electron chi connectivity index (χ1n) is 6.00. The van der Waals surface area contributed by atoms with Crippen molar-refractivity contribution in [3.05, 3.63) is 69.8 Å². The van der Waals surface area contributed by atoms with Gasteiger partial charge in [0.05, 0.1) is 12.3 Å². The first-order chi connectivity index (χ1) is 9.17. The van der Waals surface area contributed by atoms with Gasteiger partial charge in [0.2, 0.25) is 0 Å². The third kappa shape index (κ3) is 3.93. The summed E-state index contributed by atoms with van der Waals surface area (Å²) < 4.78 is 0. The number of hydrogen-bond donors (Lipinski definition) is 0. The van der Waals surface area contributed by atoms with Crippen molar-refractivity contribution in [3.8, 4) is 0 Å². The SMILES string of the molecule is O=[C-]c1ccc2c(c1)Cc1ccc(C(=O)[O-])cc1C2.[Li+].[Li+].[OH-]. The molecule has 0 aromatic heterocycles. The van der Waals surface area contributed by atoms with Crippen molar-refractivity contribution >= 4 is 12.3 Å². The fourth-order valence-corrected chi connectivity index (χ4v) is 2.53. The Morgan fingerprint density at radius 2 is 1.45 bits per heavy atom. The summed E-state index contributed by atoms with van der Waals surface area (Å²) in [6, 6.07) is 10.5. The molecule has 1 aliphatic carbocycles. The van der Waals surface area contributed by atoms with Crippen LogP contribution in [0.25, 0.3) is 0 Å². The Bertz CT molecular complexity index is 699. The monoisotopic (exact) mass is 281 g/mol. The van der Waals surface area contributed by atoms with E-state index < -0.39 is 5.97 Å². The van der Waals surface area contributed by atoms with Gasteiger partial charge in [-0.3, -0.25) is 0 Å². The number of carboxylic acids is 1. The Labute approximate surface area is 152 Å². The molecule has 22 heavy (non-hydrogen) atoms. The Morgan fingerprint density at radius 1 is 0.909 bits per heavy atom. The molecule has 0 bridgehead atoms. The van der Waals surface area contributed by atoms with E-state index >= 15 is 0 Å². The van der Waals surface area contributed by atoms with Gasteiger partial charge in [-0.25, -0.2) is 0 Å². The van der Waals surface area contributed by atoms with Crippen LogP contribution in [0.1, 0.15) is 38.2 Å². The number of benzene rings is 2. The molecule has 0 spiro atoms. The molecule has 0 fully saturated rings. The number of rotatable bonds is 2. The average Bonchev–Trinajstić information content (AvgIpc) is 2.43. The van der Waals surface area contributed by atoms with E-state index in [1.807, 2.05) is 24.5 Å². The zero-order chi connectivity index (χ0) is 13.4. The molecule has 0 unspecified atom stereocenters. The fraction of sp³-hybridized carbons (Fsp3) is 0.125. The Kier molecular flexibility index (Phi) is 7.91. The van der Waals surface area contributed by atoms with Crippen LogP contribution in [0, 0.1) is 0 Å². The Balaban J connectivity index is 0.00000147. The first-order valence-corrected chi connectivity index (χ1v) is 6.00. The maximum absolute atomic E-state index is 10.9. The summed E-state index contributed by atoms with van der Waals surface area (Å²) in [4.78, 5) is 21.5. The third-order valence-corrected chi connectivity index (χ3v) is 3.53. The molecule has 4 nitrogen and oxygen atoms in total. The van der Waals surface area contributed by atoms with E-state index in [0.717, 1.165) is 22.3 Å². The van der Waals surface area contributed by atoms with Crippen LogP contribution in [-0.2, 0) is 17.6 Å². The first kappa shape index (κ1) is 20.7. The second-order valence-electron chi connectivity index (χ2n) is 4.71. The number of carboxylic acid groups (broad SMARTS) is 1. The van der Waals surface area contributed by atoms with Crippen molar-refractivity contribution in [3.63, 3.8) is 0 Å². The summed E-state index contributed by atoms with van der Waals surface area (Å²) >= 11 is 0. The van der Waals surface area contributed by atoms with Crippen LogP contribution >= 0.6 is 0 Å². The van der Waals surface area contributed by atoms with E-state index in [1.54, 1.807) is 18.2 Å². The molecule has 0 aliphatic heterocycles. The van der Waals surface area contributed by atoms with Gasteiger partial charge in [-0.2, -0.15) is 17.7 Å². The van der Waals surface area contributed by atoms with Crippen molar-refractivity contribution in [2.24, 2.45) is 0 Å². The number of carbonyl (C=O) groups excluding carboxylic acids is 2. The molecule has 2 aromatic carbocycles. The molecule has 0 atom stereocenters. The van der Waals surface area contributed by atoms with Crippen molar-refractivity contribution in [2.45, 2.75) is 12.8 Å². The van der Waals surface area contributed by atoms with Gasteiger partial charge in [0.15, 0.2) is 0 Å². The Morgan fingerprint density at radius 3 is 2.00 bits per heavy atom. The number of aromatic carboxylic acids is 1. The largest absolute Gasteiger partial charge is 1.00 e. The smallest absolute Gasteiger partial charge is 0.870 e. The molecule has 0 amide bonds. The quantitative estimate of drug-likeness (QED) is 0.347. The average molecular weight is 281 g/mol. The van der Waals surface area contributed by atoms with E-state index in [-0.39, 0.29) is 48.8 Å². The molecule has 0 saturated carbocycles. The van der Waals surface area contributed by atoms with Crippen molar-refractivity contribution in [1.29, 1.82) is 0 Å². The van der Waals surface area contributed by atoms with Crippen LogP contribution in [0.3, 0.4) is 0 Å². The van der Waals surface area contributed by atoms with Crippen LogP contribution in [0.2, 0.25) is 0 Å². The number of carbonyl (C=O) groups is 1. The van der Waals surface area contributed by atoms with Crippen LogP contribution in [0.5, 0.6) is 0 Å². The van der Waals surface area contributed by atoms with Gasteiger partial charge in [0, 0.05) is 0 Å². The Hall–Kier alpha value is -1.27. The number of hydrogen-bond acceptors (Lipinski definition) is 4. The van der Waals surface area contributed by atoms with Crippen molar-refractivity contribution < 1.29 is 57.9 Å². The van der Waals surface area contributed by atoms with Gasteiger partial charge < -0.3 is 20.2 Å². The standard InChI is InChI=1S/C16H11O3.2Li.H2O/c17-9-10-1-2-11-7-15-8-13(16(18)19)4-3-12(15)6-14(11)5-10;;;/h1-5,8H,6-7H2,(H,18,19);;;1H2/q-1;2*+1;/p-2. The van der Waals surface area contributed by atoms with E-state index in [2.05, 4.69) is 0 Å². The fourth-order valence-electron chi connectivity index (χ4n) is 2.53. The third-order valence-electron chi connectivity index (χ3n) is 3.53. The van der Waals surface area contributed by atoms with E-state index in [0.29, 0.717) is 18.4 Å². The van der Waals surface area contributed by atoms with Gasteiger partial charge in [0.25, 0.3) is 0 Å². The molecule has 102 valence electrons. The molecule has 1 aliphatic rings. The maximum atomic E-state index is 10.9. The van der Waals surface area contributed by atoms with Gasteiger partial charge in [-0.05, 0) is 35.6 Å². The van der Waals surface area contributed by atoms with E-state index in [9.17, 15) is 14.7 Å². The van der Waals surface area contributed by atoms with Crippen molar-refractivity contribution in [2.75, 3.05) is 0 Å². The molecule has 0 saturated heterocycles. The van der Waals surface area contributed by atoms with Crippen LogP contribution in [0.15, 0.2) is 36.4 Å². The summed E-state index contributed by atoms with van der Waals surface area (Å²) in [5.41, 5.74) is 5.10. The summed E-state index contributed by atoms with van der Waals surface area (Å²) in [5.74, 6) is -1.15. The topological polar surface area (TPSA) is 87.2 Å². The summed E-state index contributed by atoms with van der Waals surface area (Å²) in [6.45, 7) is 0. The van der Waals surface area contributed by atoms with Crippen LogP contribution in [0.4, 0.5) is 0 Å². The molecule has 0 heterocycles. The minimum Gasteiger partial charge on any atom is -0.870 e. The molecular formula is C16H11Li2O4-. The summed E-state index contributed by atoms with van der Waals surface area (Å²) in [7, 11) is 0. The van der Waals surface area contributed by atoms with Crippen LogP contribution in [-0.4, -0.2) is 17.7 Å². The zero-order valence-electron chi connectivity index (χ0n) is 12.6. The summed E-state index contributed by atoms with van der Waals surface area (Å²) in [6.07, 6.45) is 3.29. The van der Waals surface area contributed by atoms with Gasteiger partial charge >= 0.3 is 37.7 Å². The normalized spacial score (nSPS) is 10.7. The minimum absolute atomic E-state index is 0. The molecule has 3 rings (SSSR count). The molecule has 1 N–H and O–H groups in total. The van der Waals surface area contributed by atoms with E-state index in [1.165, 1.54) is 0 Å². The second-order valence-corrected chi connectivity index (χ2v) is 4.71. The van der Waals surface area contributed by atoms with Gasteiger partial charge in [0.1, 0.15) is 0 Å². The van der Waals surface area contributed by atoms with Crippen LogP contribution < -0.4 is 42.8 Å². The predicted octanol–water partition coefficient (Wildman–Crippen LogP) is -5.17.